The van der Waals surface area contributed by atoms with E-state index in [0.29, 0.717) is 0 Å². The molecule has 0 unspecified atom stereocenters. The van der Waals surface area contributed by atoms with Gasteiger partial charge in [0.15, 0.2) is 0 Å². The van der Waals surface area contributed by atoms with Gasteiger partial charge in [0, 0.05) is 0 Å². The Balaban J connectivity index is -0.000000213. The summed E-state index contributed by atoms with van der Waals surface area (Å²) >= 11 is 0. The Hall–Kier alpha value is 1.22. The SMILES string of the molecule is CC1CCC(O)CC1.[Ca+2].[H-].[H-]. The van der Waals surface area contributed by atoms with E-state index in [4.69, 9.17) is 5.11 Å². The largest absolute Gasteiger partial charge is 2.00 e. The molecule has 52 valence electrons. The molecular formula is C7H16CaO. The summed E-state index contributed by atoms with van der Waals surface area (Å²) in [5.41, 5.74) is 0. The summed E-state index contributed by atoms with van der Waals surface area (Å²) in [7, 11) is 0. The number of rotatable bonds is 0. The van der Waals surface area contributed by atoms with Crippen LogP contribution < -0.4 is 0 Å². The van der Waals surface area contributed by atoms with Gasteiger partial charge in [0.2, 0.25) is 0 Å². The summed E-state index contributed by atoms with van der Waals surface area (Å²) in [5.74, 6) is 0.860. The zero-order chi connectivity index (χ0) is 5.98. The van der Waals surface area contributed by atoms with Crippen molar-refractivity contribution in [3.8, 4) is 0 Å². The second kappa shape index (κ2) is 4.95. The van der Waals surface area contributed by atoms with Crippen molar-refractivity contribution in [2.75, 3.05) is 0 Å². The van der Waals surface area contributed by atoms with E-state index in [2.05, 4.69) is 6.92 Å². The third-order valence-corrected chi connectivity index (χ3v) is 1.99. The minimum absolute atomic E-state index is 0. The normalized spacial score (nSPS) is 35.3. The predicted octanol–water partition coefficient (Wildman–Crippen LogP) is 1.40. The third kappa shape index (κ3) is 3.82. The molecular weight excluding hydrogens is 140 g/mol. The van der Waals surface area contributed by atoms with E-state index in [0.717, 1.165) is 18.8 Å². The Morgan fingerprint density at radius 3 is 2.00 bits per heavy atom. The van der Waals surface area contributed by atoms with E-state index in [1.165, 1.54) is 12.8 Å². The van der Waals surface area contributed by atoms with Gasteiger partial charge in [-0.05, 0) is 31.6 Å². The second-order valence-electron chi connectivity index (χ2n) is 2.91. The van der Waals surface area contributed by atoms with E-state index in [9.17, 15) is 0 Å². The first-order valence-electron chi connectivity index (χ1n) is 3.47. The summed E-state index contributed by atoms with van der Waals surface area (Å²) in [4.78, 5) is 0. The molecule has 0 bridgehead atoms. The van der Waals surface area contributed by atoms with Gasteiger partial charge < -0.3 is 7.96 Å². The molecule has 0 aromatic heterocycles. The molecule has 1 nitrogen and oxygen atoms in total. The number of aliphatic hydroxyl groups excluding tert-OH is 1. The monoisotopic (exact) mass is 156 g/mol. The maximum Gasteiger partial charge on any atom is 2.00 e. The van der Waals surface area contributed by atoms with Crippen LogP contribution in [0, 0.1) is 5.92 Å². The molecule has 0 heterocycles. The minimum atomic E-state index is 0. The van der Waals surface area contributed by atoms with Crippen LogP contribution in [0.15, 0.2) is 0 Å². The Bertz CT molecular complexity index is 64.8. The first-order valence-corrected chi connectivity index (χ1v) is 3.47. The van der Waals surface area contributed by atoms with Gasteiger partial charge in [-0.1, -0.05) is 6.92 Å². The van der Waals surface area contributed by atoms with Crippen LogP contribution in [0.1, 0.15) is 35.5 Å². The van der Waals surface area contributed by atoms with Crippen LogP contribution in [0.2, 0.25) is 0 Å². The summed E-state index contributed by atoms with van der Waals surface area (Å²) in [6.07, 6.45) is 4.52. The zero-order valence-electron chi connectivity index (χ0n) is 8.14. The molecule has 0 amide bonds. The van der Waals surface area contributed by atoms with Gasteiger partial charge in [-0.15, -0.1) is 0 Å². The molecule has 0 saturated heterocycles. The van der Waals surface area contributed by atoms with Crippen molar-refractivity contribution in [1.29, 1.82) is 0 Å². The van der Waals surface area contributed by atoms with Gasteiger partial charge in [0.25, 0.3) is 0 Å². The van der Waals surface area contributed by atoms with Gasteiger partial charge in [0.05, 0.1) is 6.10 Å². The van der Waals surface area contributed by atoms with Crippen LogP contribution in [0.4, 0.5) is 0 Å². The molecule has 0 aromatic rings. The molecule has 2 heteroatoms. The summed E-state index contributed by atoms with van der Waals surface area (Å²) in [5, 5.41) is 9.03. The van der Waals surface area contributed by atoms with Crippen molar-refractivity contribution < 1.29 is 7.96 Å². The molecule has 1 fully saturated rings. The maximum atomic E-state index is 9.03. The molecule has 0 aliphatic heterocycles. The van der Waals surface area contributed by atoms with Gasteiger partial charge >= 0.3 is 37.7 Å². The van der Waals surface area contributed by atoms with Crippen LogP contribution in [-0.2, 0) is 0 Å². The number of hydrogen-bond donors (Lipinski definition) is 1. The molecule has 1 aliphatic carbocycles. The molecule has 1 N–H and O–H groups in total. The average Bonchev–Trinajstić information content (AvgIpc) is 1.77. The molecule has 0 aromatic carbocycles. The van der Waals surface area contributed by atoms with Crippen LogP contribution in [-0.4, -0.2) is 48.9 Å². The van der Waals surface area contributed by atoms with E-state index in [-0.39, 0.29) is 46.7 Å². The fourth-order valence-electron chi connectivity index (χ4n) is 1.24. The Kier molecular flexibility index (Phi) is 5.62. The van der Waals surface area contributed by atoms with Crippen molar-refractivity contribution >= 4 is 37.7 Å². The van der Waals surface area contributed by atoms with Gasteiger partial charge in [0.1, 0.15) is 0 Å². The van der Waals surface area contributed by atoms with Gasteiger partial charge in [-0.2, -0.15) is 0 Å². The fraction of sp³-hybridized carbons (Fsp3) is 1.00. The standard InChI is InChI=1S/C7H14O.Ca.2H/c1-6-2-4-7(8)5-3-6;;;/h6-8H,2-5H2,1H3;;;/q;+2;2*-1. The molecule has 0 atom stereocenters. The summed E-state index contributed by atoms with van der Waals surface area (Å²) in [6, 6.07) is 0. The summed E-state index contributed by atoms with van der Waals surface area (Å²) in [6.45, 7) is 2.26. The van der Waals surface area contributed by atoms with Crippen molar-refractivity contribution in [3.63, 3.8) is 0 Å². The molecule has 9 heavy (non-hydrogen) atoms. The fourth-order valence-corrected chi connectivity index (χ4v) is 1.24. The van der Waals surface area contributed by atoms with Crippen molar-refractivity contribution in [3.05, 3.63) is 0 Å². The van der Waals surface area contributed by atoms with Crippen LogP contribution in [0.5, 0.6) is 0 Å². The minimum Gasteiger partial charge on any atom is -1.00 e. The van der Waals surface area contributed by atoms with Gasteiger partial charge in [-0.3, -0.25) is 0 Å². The first kappa shape index (κ1) is 10.2. The van der Waals surface area contributed by atoms with Crippen molar-refractivity contribution in [2.45, 2.75) is 38.7 Å². The molecule has 0 radical (unpaired) electrons. The van der Waals surface area contributed by atoms with Crippen LogP contribution in [0.25, 0.3) is 0 Å². The van der Waals surface area contributed by atoms with E-state index < -0.39 is 0 Å². The van der Waals surface area contributed by atoms with E-state index in [1.54, 1.807) is 0 Å². The van der Waals surface area contributed by atoms with Crippen molar-refractivity contribution in [2.24, 2.45) is 5.92 Å². The number of hydrogen-bond acceptors (Lipinski definition) is 1. The molecule has 1 aliphatic rings. The average molecular weight is 156 g/mol. The molecule has 1 rings (SSSR count). The molecule has 0 spiro atoms. The van der Waals surface area contributed by atoms with Crippen LogP contribution in [0.3, 0.4) is 0 Å². The van der Waals surface area contributed by atoms with Crippen LogP contribution >= 0.6 is 0 Å². The predicted molar refractivity (Wildman–Crippen MR) is 41.6 cm³/mol. The van der Waals surface area contributed by atoms with Gasteiger partial charge in [-0.25, -0.2) is 0 Å². The van der Waals surface area contributed by atoms with Crippen molar-refractivity contribution in [1.82, 2.24) is 0 Å². The quantitative estimate of drug-likeness (QED) is 0.526. The Morgan fingerprint density at radius 2 is 1.67 bits per heavy atom. The topological polar surface area (TPSA) is 20.2 Å². The smallest absolute Gasteiger partial charge is 1.00 e. The zero-order valence-corrected chi connectivity index (χ0v) is 8.35. The van der Waals surface area contributed by atoms with E-state index in [1.807, 2.05) is 0 Å². The van der Waals surface area contributed by atoms with E-state index >= 15 is 0 Å². The maximum absolute atomic E-state index is 9.03. The summed E-state index contributed by atoms with van der Waals surface area (Å²) < 4.78 is 0. The third-order valence-electron chi connectivity index (χ3n) is 1.99. The number of aliphatic hydroxyl groups is 1. The first-order chi connectivity index (χ1) is 3.79. The Labute approximate surface area is 89.8 Å². The second-order valence-corrected chi connectivity index (χ2v) is 2.91. The Morgan fingerprint density at radius 1 is 1.22 bits per heavy atom. The molecule has 1 saturated carbocycles.